The average molecular weight is 450 g/mol. The van der Waals surface area contributed by atoms with Crippen LogP contribution in [0.15, 0.2) is 24.3 Å². The molecule has 2 aromatic carbocycles. The molecule has 2 atom stereocenters. The lowest BCUT2D eigenvalue weighted by Crippen LogP contribution is -3.00. The van der Waals surface area contributed by atoms with Crippen molar-refractivity contribution in [2.45, 2.75) is 32.0 Å². The first-order chi connectivity index (χ1) is 13.0. The summed E-state index contributed by atoms with van der Waals surface area (Å²) in [4.78, 5) is 0. The van der Waals surface area contributed by atoms with E-state index in [1.54, 1.807) is 21.3 Å². The SMILES string of the molecule is COc1cc2c(cc1CO)CC[N+]1(C)Cc3c(ccc(OC)c3OC)CC21.[Br-]. The minimum atomic E-state index is 0. The maximum atomic E-state index is 9.66. The quantitative estimate of drug-likeness (QED) is 0.667. The van der Waals surface area contributed by atoms with Crippen LogP contribution in [0.5, 0.6) is 17.2 Å². The summed E-state index contributed by atoms with van der Waals surface area (Å²) >= 11 is 0. The Bertz CT molecular complexity index is 885. The number of rotatable bonds is 4. The van der Waals surface area contributed by atoms with Gasteiger partial charge in [0.2, 0.25) is 0 Å². The molecule has 152 valence electrons. The number of hydrogen-bond acceptors (Lipinski definition) is 4. The molecule has 1 N–H and O–H groups in total. The van der Waals surface area contributed by atoms with Gasteiger partial charge < -0.3 is 40.8 Å². The summed E-state index contributed by atoms with van der Waals surface area (Å²) in [5.41, 5.74) is 6.14. The van der Waals surface area contributed by atoms with Gasteiger partial charge in [-0.15, -0.1) is 0 Å². The largest absolute Gasteiger partial charge is 1.00 e. The van der Waals surface area contributed by atoms with Crippen molar-refractivity contribution in [1.82, 2.24) is 0 Å². The van der Waals surface area contributed by atoms with Crippen LogP contribution in [0.4, 0.5) is 0 Å². The third kappa shape index (κ3) is 3.17. The van der Waals surface area contributed by atoms with Crippen molar-refractivity contribution in [3.8, 4) is 17.2 Å². The predicted molar refractivity (Wildman–Crippen MR) is 103 cm³/mol. The molecule has 2 heterocycles. The lowest BCUT2D eigenvalue weighted by Gasteiger charge is -2.49. The number of methoxy groups -OCH3 is 3. The van der Waals surface area contributed by atoms with E-state index < -0.39 is 0 Å². The first kappa shape index (κ1) is 21.0. The summed E-state index contributed by atoms with van der Waals surface area (Å²) in [7, 11) is 7.41. The highest BCUT2D eigenvalue weighted by Gasteiger charge is 2.44. The Morgan fingerprint density at radius 1 is 1.04 bits per heavy atom. The molecular weight excluding hydrogens is 422 g/mol. The molecule has 2 unspecified atom stereocenters. The zero-order valence-corrected chi connectivity index (χ0v) is 18.5. The lowest BCUT2D eigenvalue weighted by molar-refractivity contribution is -0.956. The molecule has 0 spiro atoms. The molecule has 5 nitrogen and oxygen atoms in total. The molecule has 0 aliphatic carbocycles. The minimum Gasteiger partial charge on any atom is -1.00 e. The van der Waals surface area contributed by atoms with Crippen molar-refractivity contribution in [3.05, 3.63) is 52.1 Å². The van der Waals surface area contributed by atoms with E-state index in [9.17, 15) is 5.11 Å². The highest BCUT2D eigenvalue weighted by Crippen LogP contribution is 2.48. The minimum absolute atomic E-state index is 0. The highest BCUT2D eigenvalue weighted by atomic mass is 79.9. The molecule has 6 heteroatoms. The van der Waals surface area contributed by atoms with Crippen molar-refractivity contribution >= 4 is 0 Å². The standard InChI is InChI=1S/C22H28NO4.BrH/c1-23-8-7-15-9-16(13-24)21(26-3)11-17(15)19(23)10-14-5-6-20(25-2)22(27-4)18(14)12-23;/h5-6,9,11,19,24H,7-8,10,12-13H2,1-4H3;1H/q+1;/p-1. The van der Waals surface area contributed by atoms with E-state index in [4.69, 9.17) is 14.2 Å². The summed E-state index contributed by atoms with van der Waals surface area (Å²) in [6.07, 6.45) is 1.96. The molecule has 0 bridgehead atoms. The molecule has 2 aliphatic heterocycles. The van der Waals surface area contributed by atoms with Crippen LogP contribution in [0.3, 0.4) is 0 Å². The van der Waals surface area contributed by atoms with Crippen molar-refractivity contribution < 1.29 is 40.8 Å². The first-order valence-electron chi connectivity index (χ1n) is 9.42. The molecule has 0 saturated heterocycles. The van der Waals surface area contributed by atoms with E-state index in [2.05, 4.69) is 25.2 Å². The number of hydrogen-bond donors (Lipinski definition) is 1. The van der Waals surface area contributed by atoms with Gasteiger partial charge in [-0.1, -0.05) is 6.07 Å². The molecule has 0 fully saturated rings. The molecule has 2 aliphatic rings. The van der Waals surface area contributed by atoms with Crippen LogP contribution < -0.4 is 31.2 Å². The topological polar surface area (TPSA) is 47.9 Å². The molecule has 0 saturated carbocycles. The number of quaternary nitrogens is 1. The van der Waals surface area contributed by atoms with Crippen molar-refractivity contribution in [1.29, 1.82) is 0 Å². The summed E-state index contributed by atoms with van der Waals surface area (Å²) < 4.78 is 17.7. The van der Waals surface area contributed by atoms with Crippen molar-refractivity contribution in [2.75, 3.05) is 34.9 Å². The van der Waals surface area contributed by atoms with E-state index in [0.29, 0.717) is 6.04 Å². The van der Waals surface area contributed by atoms with Crippen molar-refractivity contribution in [2.24, 2.45) is 0 Å². The smallest absolute Gasteiger partial charge is 0.169 e. The molecule has 0 amide bonds. The van der Waals surface area contributed by atoms with Gasteiger partial charge in [0.1, 0.15) is 18.3 Å². The fraction of sp³-hybridized carbons (Fsp3) is 0.455. The number of aliphatic hydroxyl groups is 1. The fourth-order valence-corrected chi connectivity index (χ4v) is 4.88. The van der Waals surface area contributed by atoms with Crippen LogP contribution in [-0.4, -0.2) is 44.5 Å². The second kappa shape index (κ2) is 7.93. The fourth-order valence-electron chi connectivity index (χ4n) is 4.88. The highest BCUT2D eigenvalue weighted by molar-refractivity contribution is 5.52. The monoisotopic (exact) mass is 449 g/mol. The Labute approximate surface area is 177 Å². The van der Waals surface area contributed by atoms with E-state index in [1.165, 1.54) is 22.3 Å². The summed E-state index contributed by atoms with van der Waals surface area (Å²) in [6, 6.07) is 8.83. The number of nitrogens with zero attached hydrogens (tertiary/aromatic N) is 1. The summed E-state index contributed by atoms with van der Waals surface area (Å²) in [5.74, 6) is 2.45. The number of halogens is 1. The van der Waals surface area contributed by atoms with Gasteiger partial charge in [-0.2, -0.15) is 0 Å². The Kier molecular flexibility index (Phi) is 5.94. The predicted octanol–water partition coefficient (Wildman–Crippen LogP) is 0.00880. The van der Waals surface area contributed by atoms with E-state index in [1.807, 2.05) is 6.07 Å². The van der Waals surface area contributed by atoms with Gasteiger partial charge in [0.15, 0.2) is 11.5 Å². The van der Waals surface area contributed by atoms with Crippen LogP contribution in [0.2, 0.25) is 0 Å². The number of benzene rings is 2. The Morgan fingerprint density at radius 2 is 1.79 bits per heavy atom. The van der Waals surface area contributed by atoms with Crippen LogP contribution >= 0.6 is 0 Å². The molecule has 0 radical (unpaired) electrons. The van der Waals surface area contributed by atoms with Crippen molar-refractivity contribution in [3.63, 3.8) is 0 Å². The van der Waals surface area contributed by atoms with E-state index in [0.717, 1.165) is 53.2 Å². The van der Waals surface area contributed by atoms with Gasteiger partial charge in [0.25, 0.3) is 0 Å². The van der Waals surface area contributed by atoms with E-state index in [-0.39, 0.29) is 23.6 Å². The molecule has 28 heavy (non-hydrogen) atoms. The van der Waals surface area contributed by atoms with Crippen LogP contribution in [0.25, 0.3) is 0 Å². The first-order valence-corrected chi connectivity index (χ1v) is 9.42. The second-order valence-corrected chi connectivity index (χ2v) is 7.79. The zero-order valence-electron chi connectivity index (χ0n) is 16.9. The number of ether oxygens (including phenoxy) is 3. The summed E-state index contributed by atoms with van der Waals surface area (Å²) in [6.45, 7) is 1.99. The Hall–Kier alpha value is -1.76. The van der Waals surface area contributed by atoms with Gasteiger partial charge >= 0.3 is 0 Å². The van der Waals surface area contributed by atoms with Gasteiger partial charge in [-0.05, 0) is 29.3 Å². The normalized spacial score (nSPS) is 22.2. The lowest BCUT2D eigenvalue weighted by atomic mass is 9.81. The maximum Gasteiger partial charge on any atom is 0.169 e. The third-order valence-electron chi connectivity index (χ3n) is 6.39. The maximum absolute atomic E-state index is 9.66. The van der Waals surface area contributed by atoms with Gasteiger partial charge in [-0.25, -0.2) is 0 Å². The van der Waals surface area contributed by atoms with Crippen LogP contribution in [0.1, 0.15) is 33.9 Å². The van der Waals surface area contributed by atoms with Gasteiger partial charge in [-0.3, -0.25) is 0 Å². The van der Waals surface area contributed by atoms with Gasteiger partial charge in [0, 0.05) is 24.0 Å². The molecule has 4 rings (SSSR count). The summed E-state index contributed by atoms with van der Waals surface area (Å²) in [5, 5.41) is 9.66. The van der Waals surface area contributed by atoms with Crippen LogP contribution in [-0.2, 0) is 26.0 Å². The number of likely N-dealkylation sites (N-methyl/N-ethyl adjacent to an activating group) is 1. The third-order valence-corrected chi connectivity index (χ3v) is 6.39. The van der Waals surface area contributed by atoms with Crippen LogP contribution in [0, 0.1) is 0 Å². The Morgan fingerprint density at radius 3 is 2.43 bits per heavy atom. The second-order valence-electron chi connectivity index (χ2n) is 7.79. The van der Waals surface area contributed by atoms with E-state index >= 15 is 0 Å². The Balaban J connectivity index is 0.00000225. The molecule has 2 aromatic rings. The molecule has 0 aromatic heterocycles. The van der Waals surface area contributed by atoms with Gasteiger partial charge in [0.05, 0.1) is 47.1 Å². The molecular formula is C22H28BrNO4. The number of aliphatic hydroxyl groups excluding tert-OH is 1. The zero-order chi connectivity index (χ0) is 19.2. The number of fused-ring (bicyclic) bond motifs is 4. The average Bonchev–Trinajstić information content (AvgIpc) is 2.70.